The molecule has 2 rings (SSSR count). The number of ether oxygens (including phenoxy) is 2. The van der Waals surface area contributed by atoms with E-state index in [2.05, 4.69) is 10.3 Å². The summed E-state index contributed by atoms with van der Waals surface area (Å²) in [7, 11) is 2.86. The minimum Gasteiger partial charge on any atom is -0.502 e. The Morgan fingerprint density at radius 2 is 2.00 bits per heavy atom. The number of nitrogens with zero attached hydrogens (tertiary/aromatic N) is 2. The molecule has 2 N–H and O–H groups in total. The highest BCUT2D eigenvalue weighted by molar-refractivity contribution is 5.97. The van der Waals surface area contributed by atoms with Gasteiger partial charge in [-0.05, 0) is 35.9 Å². The van der Waals surface area contributed by atoms with Gasteiger partial charge in [0.2, 0.25) is 5.75 Å². The van der Waals surface area contributed by atoms with Gasteiger partial charge in [0.1, 0.15) is 11.6 Å². The van der Waals surface area contributed by atoms with Crippen LogP contribution in [0.2, 0.25) is 0 Å². The maximum Gasteiger partial charge on any atom is 0.262 e. The van der Waals surface area contributed by atoms with Gasteiger partial charge in [-0.2, -0.15) is 5.26 Å². The smallest absolute Gasteiger partial charge is 0.262 e. The van der Waals surface area contributed by atoms with Crippen LogP contribution in [0.4, 0.5) is 0 Å². The molecule has 1 aromatic heterocycles. The van der Waals surface area contributed by atoms with Crippen molar-refractivity contribution in [1.29, 1.82) is 5.26 Å². The Labute approximate surface area is 157 Å². The number of pyridine rings is 1. The minimum absolute atomic E-state index is 0.0418. The van der Waals surface area contributed by atoms with E-state index in [4.69, 9.17) is 9.47 Å². The normalized spacial score (nSPS) is 11.1. The van der Waals surface area contributed by atoms with Gasteiger partial charge in [0.15, 0.2) is 11.5 Å². The molecule has 0 saturated carbocycles. The van der Waals surface area contributed by atoms with Crippen LogP contribution >= 0.6 is 0 Å². The largest absolute Gasteiger partial charge is 0.502 e. The second kappa shape index (κ2) is 9.63. The summed E-state index contributed by atoms with van der Waals surface area (Å²) in [6.07, 6.45) is 6.25. The number of hydrogen-bond acceptors (Lipinski definition) is 6. The number of amides is 1. The first-order valence-corrected chi connectivity index (χ1v) is 8.00. The Morgan fingerprint density at radius 3 is 2.56 bits per heavy atom. The van der Waals surface area contributed by atoms with Gasteiger partial charge in [-0.15, -0.1) is 0 Å². The summed E-state index contributed by atoms with van der Waals surface area (Å²) in [6, 6.07) is 10.5. The third-order valence-corrected chi connectivity index (χ3v) is 3.57. The van der Waals surface area contributed by atoms with Crippen LogP contribution in [0, 0.1) is 11.3 Å². The van der Waals surface area contributed by atoms with E-state index in [0.717, 1.165) is 0 Å². The molecule has 0 saturated heterocycles. The molecule has 0 bridgehead atoms. The molecule has 0 atom stereocenters. The molecule has 1 heterocycles. The first-order valence-electron chi connectivity index (χ1n) is 8.00. The van der Waals surface area contributed by atoms with Gasteiger partial charge in [-0.1, -0.05) is 18.2 Å². The molecule has 0 spiro atoms. The molecule has 0 unspecified atom stereocenters. The summed E-state index contributed by atoms with van der Waals surface area (Å²) in [5.41, 5.74) is 1.32. The molecule has 0 aliphatic carbocycles. The molecule has 2 aromatic rings. The van der Waals surface area contributed by atoms with E-state index in [1.807, 2.05) is 12.1 Å². The zero-order valence-electron chi connectivity index (χ0n) is 15.0. The van der Waals surface area contributed by atoms with Gasteiger partial charge in [0, 0.05) is 6.20 Å². The predicted octanol–water partition coefficient (Wildman–Crippen LogP) is 2.58. The van der Waals surface area contributed by atoms with Crippen LogP contribution in [0.5, 0.6) is 17.2 Å². The summed E-state index contributed by atoms with van der Waals surface area (Å²) >= 11 is 0. The maximum absolute atomic E-state index is 12.1. The number of phenols is 1. The fourth-order valence-corrected chi connectivity index (χ4v) is 2.20. The lowest BCUT2D eigenvalue weighted by molar-refractivity contribution is -0.117. The van der Waals surface area contributed by atoms with E-state index in [1.165, 1.54) is 20.3 Å². The SMILES string of the molecule is COc1cc(C=CC=C(C#N)C(=O)NCc2ccccn2)cc(OC)c1O. The van der Waals surface area contributed by atoms with Gasteiger partial charge < -0.3 is 19.9 Å². The van der Waals surface area contributed by atoms with Crippen molar-refractivity contribution < 1.29 is 19.4 Å². The molecule has 138 valence electrons. The average molecular weight is 365 g/mol. The van der Waals surface area contributed by atoms with Crippen molar-refractivity contribution in [2.75, 3.05) is 14.2 Å². The maximum atomic E-state index is 12.1. The van der Waals surface area contributed by atoms with Crippen molar-refractivity contribution in [2.24, 2.45) is 0 Å². The van der Waals surface area contributed by atoms with Crippen molar-refractivity contribution in [3.8, 4) is 23.3 Å². The molecule has 1 amide bonds. The number of carbonyl (C=O) groups is 1. The monoisotopic (exact) mass is 365 g/mol. The summed E-state index contributed by atoms with van der Waals surface area (Å²) in [5, 5.41) is 21.7. The third-order valence-electron chi connectivity index (χ3n) is 3.57. The zero-order chi connectivity index (χ0) is 19.6. The van der Waals surface area contributed by atoms with Gasteiger partial charge >= 0.3 is 0 Å². The van der Waals surface area contributed by atoms with E-state index in [9.17, 15) is 15.2 Å². The number of carbonyl (C=O) groups excluding carboxylic acids is 1. The highest BCUT2D eigenvalue weighted by atomic mass is 16.5. The average Bonchev–Trinajstić information content (AvgIpc) is 2.71. The van der Waals surface area contributed by atoms with Crippen molar-refractivity contribution in [3.63, 3.8) is 0 Å². The molecule has 1 aromatic carbocycles. The molecule has 7 heteroatoms. The number of nitrogens with one attached hydrogen (secondary N) is 1. The van der Waals surface area contributed by atoms with Crippen molar-refractivity contribution in [1.82, 2.24) is 10.3 Å². The van der Waals surface area contributed by atoms with Crippen LogP contribution in [0.3, 0.4) is 0 Å². The zero-order valence-corrected chi connectivity index (χ0v) is 15.0. The van der Waals surface area contributed by atoms with Crippen molar-refractivity contribution >= 4 is 12.0 Å². The Kier molecular flexibility index (Phi) is 6.97. The minimum atomic E-state index is -0.492. The summed E-state index contributed by atoms with van der Waals surface area (Å²) in [4.78, 5) is 16.2. The Balaban J connectivity index is 2.09. The van der Waals surface area contributed by atoms with Crippen LogP contribution < -0.4 is 14.8 Å². The van der Waals surface area contributed by atoms with Crippen molar-refractivity contribution in [2.45, 2.75) is 6.54 Å². The molecular formula is C20H19N3O4. The van der Waals surface area contributed by atoms with Crippen LogP contribution in [0.1, 0.15) is 11.3 Å². The molecule has 0 radical (unpaired) electrons. The van der Waals surface area contributed by atoms with Crippen LogP contribution in [0.15, 0.2) is 54.3 Å². The van der Waals surface area contributed by atoms with Crippen LogP contribution in [0.25, 0.3) is 6.08 Å². The molecule has 7 nitrogen and oxygen atoms in total. The Morgan fingerprint density at radius 1 is 1.30 bits per heavy atom. The number of aromatic nitrogens is 1. The van der Waals surface area contributed by atoms with E-state index in [0.29, 0.717) is 11.3 Å². The topological polar surface area (TPSA) is 104 Å². The van der Waals surface area contributed by atoms with Gasteiger partial charge in [0.25, 0.3) is 5.91 Å². The quantitative estimate of drug-likeness (QED) is 0.444. The number of methoxy groups -OCH3 is 2. The van der Waals surface area contributed by atoms with E-state index in [1.54, 1.807) is 42.6 Å². The number of rotatable bonds is 7. The lowest BCUT2D eigenvalue weighted by Gasteiger charge is -2.09. The number of aromatic hydroxyl groups is 1. The number of allylic oxidation sites excluding steroid dienone is 2. The number of phenolic OH excluding ortho intramolecular Hbond substituents is 1. The third kappa shape index (κ3) is 5.34. The molecule has 27 heavy (non-hydrogen) atoms. The van der Waals surface area contributed by atoms with E-state index in [-0.39, 0.29) is 29.4 Å². The summed E-state index contributed by atoms with van der Waals surface area (Å²) in [6.45, 7) is 0.231. The fraction of sp³-hybridized carbons (Fsp3) is 0.150. The Hall–Kier alpha value is -3.79. The van der Waals surface area contributed by atoms with Crippen molar-refractivity contribution in [3.05, 3.63) is 65.5 Å². The second-order valence-corrected chi connectivity index (χ2v) is 5.33. The standard InChI is InChI=1S/C20H19N3O4/c1-26-17-10-14(11-18(27-2)19(17)24)6-5-7-15(12-21)20(25)23-13-16-8-3-4-9-22-16/h3-11,24H,13H2,1-2H3,(H,23,25). The van der Waals surface area contributed by atoms with Crippen LogP contribution in [-0.4, -0.2) is 30.2 Å². The van der Waals surface area contributed by atoms with Gasteiger partial charge in [-0.3, -0.25) is 9.78 Å². The highest BCUT2D eigenvalue weighted by Gasteiger charge is 2.10. The fourth-order valence-electron chi connectivity index (χ4n) is 2.20. The van der Waals surface area contributed by atoms with E-state index < -0.39 is 5.91 Å². The van der Waals surface area contributed by atoms with Crippen LogP contribution in [-0.2, 0) is 11.3 Å². The molecular weight excluding hydrogens is 346 g/mol. The lowest BCUT2D eigenvalue weighted by Crippen LogP contribution is -2.24. The summed E-state index contributed by atoms with van der Waals surface area (Å²) < 4.78 is 10.2. The highest BCUT2D eigenvalue weighted by Crippen LogP contribution is 2.37. The Bertz CT molecular complexity index is 874. The molecule has 0 aliphatic heterocycles. The summed E-state index contributed by atoms with van der Waals surface area (Å²) in [5.74, 6) is -0.0776. The number of hydrogen-bond donors (Lipinski definition) is 2. The lowest BCUT2D eigenvalue weighted by atomic mass is 10.1. The molecule has 0 aliphatic rings. The number of benzene rings is 1. The van der Waals surface area contributed by atoms with E-state index >= 15 is 0 Å². The second-order valence-electron chi connectivity index (χ2n) is 5.33. The first kappa shape index (κ1) is 19.5. The van der Waals surface area contributed by atoms with Gasteiger partial charge in [0.05, 0.1) is 26.5 Å². The first-order chi connectivity index (χ1) is 13.1. The predicted molar refractivity (Wildman–Crippen MR) is 100 cm³/mol. The molecule has 0 fully saturated rings. The number of nitriles is 1. The van der Waals surface area contributed by atoms with Gasteiger partial charge in [-0.25, -0.2) is 0 Å².